The number of terminal acetylenes is 1. The van der Waals surface area contributed by atoms with Crippen molar-refractivity contribution in [2.45, 2.75) is 35.2 Å². The molecule has 0 bridgehead atoms. The standard InChI is InChI=1S/C32H31FN8O5S3/c1-2-11-46-38-25(21-16-49-32(34)36-21)28(42)37-26-29(43)41-27(31(44)45)17(15-48-30(26)41)14-47-24-5-8-40(18-3-4-18)22-13-23(20(33)12-19(22)24)39-9-6-35-7-10-39/h1,5,8,12-13,16,18,26,30,35H,3-4,6-7,9-11,14-15H2,(H3-,34,36,37,42,44,45)/p+1/t26?,30-/m0/s1. The Balaban J connectivity index is 1.11. The van der Waals surface area contributed by atoms with Crippen LogP contribution >= 0.6 is 34.9 Å². The average molecular weight is 724 g/mol. The van der Waals surface area contributed by atoms with Gasteiger partial charge in [0.05, 0.1) is 11.1 Å². The summed E-state index contributed by atoms with van der Waals surface area (Å²) >= 11 is 3.87. The maximum atomic E-state index is 15.6. The molecular formula is C32H32FN8O5S3+. The van der Waals surface area contributed by atoms with Gasteiger partial charge in [-0.25, -0.2) is 14.2 Å². The summed E-state index contributed by atoms with van der Waals surface area (Å²) in [5, 5.41) is 21.9. The molecule has 2 atom stereocenters. The summed E-state index contributed by atoms with van der Waals surface area (Å²) in [5.74, 6) is 0.0108. The summed E-state index contributed by atoms with van der Waals surface area (Å²) in [7, 11) is 0. The molecule has 1 saturated carbocycles. The molecule has 5 N–H and O–H groups in total. The fourth-order valence-corrected chi connectivity index (χ4v) is 9.20. The number of rotatable bonds is 11. The number of thioether (sulfide) groups is 2. The second-order valence-corrected chi connectivity index (χ2v) is 14.8. The Morgan fingerprint density at radius 2 is 2.12 bits per heavy atom. The van der Waals surface area contributed by atoms with E-state index in [1.165, 1.54) is 33.8 Å². The molecule has 1 aromatic carbocycles. The number of aliphatic carboxylic acids is 1. The van der Waals surface area contributed by atoms with E-state index in [9.17, 15) is 19.5 Å². The van der Waals surface area contributed by atoms with Crippen LogP contribution < -0.4 is 25.8 Å². The Morgan fingerprint density at radius 1 is 1.33 bits per heavy atom. The first-order chi connectivity index (χ1) is 23.7. The van der Waals surface area contributed by atoms with Crippen LogP contribution in [0.3, 0.4) is 0 Å². The number of fused-ring (bicyclic) bond motifs is 2. The number of amides is 2. The van der Waals surface area contributed by atoms with Crippen molar-refractivity contribution in [3.63, 3.8) is 0 Å². The molecule has 49 heavy (non-hydrogen) atoms. The largest absolute Gasteiger partial charge is 0.477 e. The van der Waals surface area contributed by atoms with Gasteiger partial charge in [0.15, 0.2) is 29.7 Å². The van der Waals surface area contributed by atoms with E-state index in [0.29, 0.717) is 23.1 Å². The van der Waals surface area contributed by atoms with Gasteiger partial charge >= 0.3 is 5.97 Å². The maximum Gasteiger partial charge on any atom is 0.352 e. The van der Waals surface area contributed by atoms with Crippen molar-refractivity contribution in [3.05, 3.63) is 52.6 Å². The topological polar surface area (TPSA) is 166 Å². The lowest BCUT2D eigenvalue weighted by atomic mass is 10.0. The summed E-state index contributed by atoms with van der Waals surface area (Å²) in [6.07, 6.45) is 9.38. The summed E-state index contributed by atoms with van der Waals surface area (Å²) in [5.41, 5.74) is 7.65. The third kappa shape index (κ3) is 6.53. The number of thiazole rings is 1. The van der Waals surface area contributed by atoms with Crippen molar-refractivity contribution >= 4 is 80.1 Å². The summed E-state index contributed by atoms with van der Waals surface area (Å²) in [4.78, 5) is 52.4. The number of nitrogens with zero attached hydrogens (tertiary/aromatic N) is 5. The third-order valence-corrected chi connectivity index (χ3v) is 11.8. The molecule has 1 unspecified atom stereocenters. The van der Waals surface area contributed by atoms with Gasteiger partial charge in [0.2, 0.25) is 5.52 Å². The zero-order valence-corrected chi connectivity index (χ0v) is 28.5. The molecule has 0 spiro atoms. The Morgan fingerprint density at radius 3 is 2.82 bits per heavy atom. The minimum atomic E-state index is -1.24. The lowest BCUT2D eigenvalue weighted by Gasteiger charge is -2.49. The highest BCUT2D eigenvalue weighted by molar-refractivity contribution is 8.01. The van der Waals surface area contributed by atoms with Crippen molar-refractivity contribution in [3.8, 4) is 12.3 Å². The number of carbonyl (C=O) groups is 3. The number of carboxylic acids is 1. The molecule has 1 aliphatic carbocycles. The van der Waals surface area contributed by atoms with E-state index in [4.69, 9.17) is 17.0 Å². The first-order valence-corrected chi connectivity index (χ1v) is 18.5. The lowest BCUT2D eigenvalue weighted by molar-refractivity contribution is -0.675. The van der Waals surface area contributed by atoms with E-state index in [1.54, 1.807) is 6.07 Å². The molecule has 4 aliphatic rings. The van der Waals surface area contributed by atoms with Crippen LogP contribution in [0.5, 0.6) is 0 Å². The number of hydrogen-bond acceptors (Lipinski definition) is 12. The second kappa shape index (κ2) is 13.9. The number of nitrogen functional groups attached to an aromatic ring is 1. The minimum absolute atomic E-state index is 0.106. The van der Waals surface area contributed by atoms with Crippen molar-refractivity contribution in [2.75, 3.05) is 54.9 Å². The molecule has 254 valence electrons. The predicted molar refractivity (Wildman–Crippen MR) is 186 cm³/mol. The summed E-state index contributed by atoms with van der Waals surface area (Å²) in [6.45, 7) is 2.84. The van der Waals surface area contributed by atoms with Gasteiger partial charge in [-0.3, -0.25) is 14.5 Å². The number of halogens is 1. The molecule has 5 heterocycles. The number of pyridine rings is 1. The monoisotopic (exact) mass is 723 g/mol. The number of benzene rings is 1. The van der Waals surface area contributed by atoms with Crippen LogP contribution in [0.25, 0.3) is 10.9 Å². The summed E-state index contributed by atoms with van der Waals surface area (Å²) < 4.78 is 17.8. The Kier molecular flexibility index (Phi) is 9.38. The van der Waals surface area contributed by atoms with E-state index < -0.39 is 29.2 Å². The number of aromatic nitrogens is 2. The zero-order chi connectivity index (χ0) is 34.2. The van der Waals surface area contributed by atoms with Crippen LogP contribution in [-0.4, -0.2) is 94.2 Å². The highest BCUT2D eigenvalue weighted by Crippen LogP contribution is 2.43. The number of β-lactam (4-membered cyclic amide) rings is 1. The second-order valence-electron chi connectivity index (χ2n) is 11.8. The number of carbonyl (C=O) groups excluding carboxylic acids is 2. The average Bonchev–Trinajstić information content (AvgIpc) is 3.86. The number of hydrogen-bond donors (Lipinski definition) is 4. The molecule has 17 heteroatoms. The van der Waals surface area contributed by atoms with Gasteiger partial charge in [-0.05, 0) is 11.6 Å². The van der Waals surface area contributed by atoms with E-state index in [0.717, 1.165) is 66.2 Å². The van der Waals surface area contributed by atoms with Crippen LogP contribution in [0.2, 0.25) is 0 Å². The van der Waals surface area contributed by atoms with Crippen LogP contribution in [0.1, 0.15) is 24.6 Å². The zero-order valence-electron chi connectivity index (χ0n) is 26.1. The van der Waals surface area contributed by atoms with Crippen LogP contribution in [0.15, 0.2) is 51.1 Å². The van der Waals surface area contributed by atoms with E-state index in [1.807, 2.05) is 18.3 Å². The lowest BCUT2D eigenvalue weighted by Crippen LogP contribution is -2.71. The third-order valence-electron chi connectivity index (χ3n) is 8.61. The van der Waals surface area contributed by atoms with Crippen LogP contribution in [0, 0.1) is 18.2 Å². The van der Waals surface area contributed by atoms with E-state index >= 15 is 4.39 Å². The molecule has 0 radical (unpaired) electrons. The highest BCUT2D eigenvalue weighted by Gasteiger charge is 2.54. The molecule has 13 nitrogen and oxygen atoms in total. The van der Waals surface area contributed by atoms with E-state index in [-0.39, 0.29) is 40.4 Å². The molecule has 2 amide bonds. The van der Waals surface area contributed by atoms with E-state index in [2.05, 4.69) is 36.2 Å². The van der Waals surface area contributed by atoms with Gasteiger partial charge in [-0.1, -0.05) is 11.1 Å². The molecule has 3 aromatic rings. The number of nitrogens with two attached hydrogens (primary N) is 1. The molecule has 7 rings (SSSR count). The van der Waals surface area contributed by atoms with Crippen LogP contribution in [-0.2, 0) is 19.2 Å². The highest BCUT2D eigenvalue weighted by atomic mass is 32.2. The fraction of sp³-hybridized carbons (Fsp3) is 0.375. The van der Waals surface area contributed by atoms with Gasteiger partial charge in [0, 0.05) is 72.9 Å². The van der Waals surface area contributed by atoms with Gasteiger partial charge < -0.3 is 31.2 Å². The molecule has 3 aliphatic heterocycles. The normalized spacial score (nSPS) is 20.9. The Hall–Kier alpha value is -4.37. The fourth-order valence-electron chi connectivity index (χ4n) is 6.13. The Labute approximate surface area is 293 Å². The molecular weight excluding hydrogens is 692 g/mol. The molecule has 2 aromatic heterocycles. The van der Waals surface area contributed by atoms with Gasteiger partial charge in [-0.15, -0.1) is 41.3 Å². The predicted octanol–water partition coefficient (Wildman–Crippen LogP) is 1.93. The SMILES string of the molecule is C#CCON=C(C(=O)NC1C(=O)N2C(C(=O)O)=C(CSc3cc[n+](C4CC4)c4cc(N5CCNCC5)c(F)cc34)CS[C@@H]12)c1csc(N)n1. The Bertz CT molecular complexity index is 1950. The molecule has 2 saturated heterocycles. The number of carboxylic acid groups (broad SMARTS) is 1. The number of piperazine rings is 1. The van der Waals surface area contributed by atoms with Crippen LogP contribution in [0.4, 0.5) is 15.2 Å². The quantitative estimate of drug-likeness (QED) is 0.0435. The minimum Gasteiger partial charge on any atom is -0.477 e. The first-order valence-electron chi connectivity index (χ1n) is 15.6. The van der Waals surface area contributed by atoms with Crippen molar-refractivity contribution < 1.29 is 33.3 Å². The van der Waals surface area contributed by atoms with Gasteiger partial charge in [-0.2, -0.15) is 4.57 Å². The number of oxime groups is 1. The maximum absolute atomic E-state index is 15.6. The summed E-state index contributed by atoms with van der Waals surface area (Å²) in [6, 6.07) is 4.86. The van der Waals surface area contributed by atoms with Gasteiger partial charge in [0.25, 0.3) is 11.8 Å². The smallest absolute Gasteiger partial charge is 0.352 e. The molecule has 3 fully saturated rings. The number of nitrogens with one attached hydrogen (secondary N) is 2. The number of anilines is 2. The van der Waals surface area contributed by atoms with Gasteiger partial charge in [0.1, 0.15) is 28.6 Å². The first kappa shape index (κ1) is 33.1. The van der Waals surface area contributed by atoms with Crippen molar-refractivity contribution in [1.29, 1.82) is 0 Å². The van der Waals surface area contributed by atoms with Crippen molar-refractivity contribution in [1.82, 2.24) is 20.5 Å². The van der Waals surface area contributed by atoms with Crippen molar-refractivity contribution in [2.24, 2.45) is 5.16 Å².